The average molecular weight is 195 g/mol. The van der Waals surface area contributed by atoms with E-state index in [4.69, 9.17) is 0 Å². The van der Waals surface area contributed by atoms with E-state index in [1.807, 2.05) is 0 Å². The van der Waals surface area contributed by atoms with Gasteiger partial charge >= 0.3 is 0 Å². The van der Waals surface area contributed by atoms with Crippen molar-refractivity contribution >= 4 is 0 Å². The fraction of sp³-hybridized carbons (Fsp3) is 1.00. The zero-order valence-corrected chi connectivity index (χ0v) is 9.76. The SMILES string of the molecule is CCC1CCCC(NC2CC2CC)C1. The van der Waals surface area contributed by atoms with Crippen LogP contribution in [0.3, 0.4) is 0 Å². The van der Waals surface area contributed by atoms with E-state index in [9.17, 15) is 0 Å². The molecule has 0 heterocycles. The van der Waals surface area contributed by atoms with Crippen LogP contribution in [0.1, 0.15) is 58.8 Å². The normalized spacial score (nSPS) is 42.4. The molecule has 14 heavy (non-hydrogen) atoms. The van der Waals surface area contributed by atoms with Crippen molar-refractivity contribution in [1.29, 1.82) is 0 Å². The lowest BCUT2D eigenvalue weighted by molar-refractivity contribution is 0.275. The molecular formula is C13H25N. The molecule has 0 aliphatic heterocycles. The highest BCUT2D eigenvalue weighted by Crippen LogP contribution is 2.35. The van der Waals surface area contributed by atoms with Crippen molar-refractivity contribution in [3.63, 3.8) is 0 Å². The second kappa shape index (κ2) is 4.65. The maximum atomic E-state index is 3.86. The van der Waals surface area contributed by atoms with Crippen LogP contribution in [0.25, 0.3) is 0 Å². The van der Waals surface area contributed by atoms with Crippen molar-refractivity contribution in [2.75, 3.05) is 0 Å². The van der Waals surface area contributed by atoms with Crippen LogP contribution in [0.4, 0.5) is 0 Å². The van der Waals surface area contributed by atoms with Crippen LogP contribution in [0.15, 0.2) is 0 Å². The summed E-state index contributed by atoms with van der Waals surface area (Å²) in [6.45, 7) is 4.67. The van der Waals surface area contributed by atoms with E-state index < -0.39 is 0 Å². The summed E-state index contributed by atoms with van der Waals surface area (Å²) in [6.07, 6.45) is 10.0. The van der Waals surface area contributed by atoms with Crippen LogP contribution in [0.5, 0.6) is 0 Å². The topological polar surface area (TPSA) is 12.0 Å². The quantitative estimate of drug-likeness (QED) is 0.725. The largest absolute Gasteiger partial charge is 0.311 e. The molecule has 1 nitrogen and oxygen atoms in total. The first-order chi connectivity index (χ1) is 6.83. The van der Waals surface area contributed by atoms with Crippen LogP contribution in [0, 0.1) is 11.8 Å². The molecule has 0 bridgehead atoms. The molecule has 4 atom stereocenters. The van der Waals surface area contributed by atoms with E-state index in [1.165, 1.54) is 44.9 Å². The molecule has 0 amide bonds. The summed E-state index contributed by atoms with van der Waals surface area (Å²) in [6, 6.07) is 1.75. The van der Waals surface area contributed by atoms with Crippen molar-refractivity contribution in [2.24, 2.45) is 11.8 Å². The predicted octanol–water partition coefficient (Wildman–Crippen LogP) is 3.34. The molecule has 2 aliphatic carbocycles. The van der Waals surface area contributed by atoms with Gasteiger partial charge in [0.2, 0.25) is 0 Å². The number of hydrogen-bond acceptors (Lipinski definition) is 1. The summed E-state index contributed by atoms with van der Waals surface area (Å²) in [7, 11) is 0. The summed E-state index contributed by atoms with van der Waals surface area (Å²) < 4.78 is 0. The molecule has 0 saturated heterocycles. The van der Waals surface area contributed by atoms with E-state index >= 15 is 0 Å². The van der Waals surface area contributed by atoms with Gasteiger partial charge in [-0.25, -0.2) is 0 Å². The first-order valence-electron chi connectivity index (χ1n) is 6.59. The summed E-state index contributed by atoms with van der Waals surface area (Å²) in [5.41, 5.74) is 0. The lowest BCUT2D eigenvalue weighted by atomic mass is 9.84. The summed E-state index contributed by atoms with van der Waals surface area (Å²) in [5.74, 6) is 2.03. The maximum Gasteiger partial charge on any atom is 0.0102 e. The van der Waals surface area contributed by atoms with Crippen molar-refractivity contribution in [3.8, 4) is 0 Å². The Hall–Kier alpha value is -0.0400. The van der Waals surface area contributed by atoms with Gasteiger partial charge in [-0.1, -0.05) is 39.5 Å². The molecular weight excluding hydrogens is 170 g/mol. The molecule has 82 valence electrons. The van der Waals surface area contributed by atoms with E-state index in [1.54, 1.807) is 0 Å². The van der Waals surface area contributed by atoms with E-state index in [0.717, 1.165) is 23.9 Å². The summed E-state index contributed by atoms with van der Waals surface area (Å²) >= 11 is 0. The van der Waals surface area contributed by atoms with Gasteiger partial charge in [0.25, 0.3) is 0 Å². The third kappa shape index (κ3) is 2.50. The van der Waals surface area contributed by atoms with Crippen LogP contribution in [-0.2, 0) is 0 Å². The molecule has 2 fully saturated rings. The Morgan fingerprint density at radius 3 is 2.57 bits per heavy atom. The Bertz CT molecular complexity index is 178. The molecule has 0 spiro atoms. The third-order valence-corrected chi connectivity index (χ3v) is 4.26. The molecule has 2 rings (SSSR count). The van der Waals surface area contributed by atoms with Gasteiger partial charge in [0, 0.05) is 12.1 Å². The number of nitrogens with one attached hydrogen (secondary N) is 1. The van der Waals surface area contributed by atoms with Gasteiger partial charge < -0.3 is 5.32 Å². The highest BCUT2D eigenvalue weighted by atomic mass is 15.0. The van der Waals surface area contributed by atoms with Crippen molar-refractivity contribution in [1.82, 2.24) is 5.32 Å². The highest BCUT2D eigenvalue weighted by molar-refractivity contribution is 4.94. The predicted molar refractivity (Wildman–Crippen MR) is 61.4 cm³/mol. The van der Waals surface area contributed by atoms with Crippen LogP contribution in [-0.4, -0.2) is 12.1 Å². The Morgan fingerprint density at radius 1 is 1.07 bits per heavy atom. The molecule has 1 heteroatoms. The molecule has 0 aromatic carbocycles. The molecule has 0 aromatic rings. The number of rotatable bonds is 4. The van der Waals surface area contributed by atoms with Crippen molar-refractivity contribution in [3.05, 3.63) is 0 Å². The first-order valence-corrected chi connectivity index (χ1v) is 6.59. The molecule has 2 saturated carbocycles. The zero-order valence-electron chi connectivity index (χ0n) is 9.76. The third-order valence-electron chi connectivity index (χ3n) is 4.26. The highest BCUT2D eigenvalue weighted by Gasteiger charge is 2.37. The van der Waals surface area contributed by atoms with Crippen LogP contribution < -0.4 is 5.32 Å². The van der Waals surface area contributed by atoms with Gasteiger partial charge in [-0.15, -0.1) is 0 Å². The van der Waals surface area contributed by atoms with Gasteiger partial charge in [-0.2, -0.15) is 0 Å². The fourth-order valence-corrected chi connectivity index (χ4v) is 3.02. The Balaban J connectivity index is 1.70. The molecule has 4 unspecified atom stereocenters. The summed E-state index contributed by atoms with van der Waals surface area (Å²) in [5, 5.41) is 3.86. The second-order valence-electron chi connectivity index (χ2n) is 5.31. The van der Waals surface area contributed by atoms with Gasteiger partial charge in [0.1, 0.15) is 0 Å². The minimum absolute atomic E-state index is 0.857. The zero-order chi connectivity index (χ0) is 9.97. The van der Waals surface area contributed by atoms with Crippen LogP contribution >= 0.6 is 0 Å². The Labute approximate surface area is 88.7 Å². The molecule has 1 N–H and O–H groups in total. The molecule has 2 aliphatic rings. The lowest BCUT2D eigenvalue weighted by Crippen LogP contribution is -2.36. The molecule has 0 aromatic heterocycles. The average Bonchev–Trinajstić information content (AvgIpc) is 2.97. The molecule has 0 radical (unpaired) electrons. The Kier molecular flexibility index (Phi) is 3.48. The Morgan fingerprint density at radius 2 is 1.93 bits per heavy atom. The smallest absolute Gasteiger partial charge is 0.0102 e. The van der Waals surface area contributed by atoms with E-state index in [0.29, 0.717) is 0 Å². The van der Waals surface area contributed by atoms with E-state index in [-0.39, 0.29) is 0 Å². The number of hydrogen-bond donors (Lipinski definition) is 1. The van der Waals surface area contributed by atoms with Crippen LogP contribution in [0.2, 0.25) is 0 Å². The van der Waals surface area contributed by atoms with Gasteiger partial charge in [-0.3, -0.25) is 0 Å². The standard InChI is InChI=1S/C13H25N/c1-3-10-6-5-7-12(8-10)14-13-9-11(13)4-2/h10-14H,3-9H2,1-2H3. The van der Waals surface area contributed by atoms with Gasteiger partial charge in [0.05, 0.1) is 0 Å². The lowest BCUT2D eigenvalue weighted by Gasteiger charge is -2.29. The van der Waals surface area contributed by atoms with Gasteiger partial charge in [-0.05, 0) is 31.1 Å². The van der Waals surface area contributed by atoms with E-state index in [2.05, 4.69) is 19.2 Å². The fourth-order valence-electron chi connectivity index (χ4n) is 3.02. The minimum Gasteiger partial charge on any atom is -0.311 e. The minimum atomic E-state index is 0.857. The van der Waals surface area contributed by atoms with Crippen molar-refractivity contribution < 1.29 is 0 Å². The monoisotopic (exact) mass is 195 g/mol. The second-order valence-corrected chi connectivity index (χ2v) is 5.31. The van der Waals surface area contributed by atoms with Crippen molar-refractivity contribution in [2.45, 2.75) is 70.9 Å². The first kappa shape index (κ1) is 10.5. The summed E-state index contributed by atoms with van der Waals surface area (Å²) in [4.78, 5) is 0. The maximum absolute atomic E-state index is 3.86. The van der Waals surface area contributed by atoms with Gasteiger partial charge in [0.15, 0.2) is 0 Å².